The van der Waals surface area contributed by atoms with Crippen molar-refractivity contribution in [1.82, 2.24) is 5.32 Å². The van der Waals surface area contributed by atoms with Gasteiger partial charge in [-0.3, -0.25) is 4.79 Å². The summed E-state index contributed by atoms with van der Waals surface area (Å²) in [5.74, 6) is 1.91. The van der Waals surface area contributed by atoms with E-state index in [1.807, 2.05) is 6.92 Å². The van der Waals surface area contributed by atoms with E-state index in [2.05, 4.69) is 36.5 Å². The molecule has 20 heavy (non-hydrogen) atoms. The lowest BCUT2D eigenvalue weighted by Crippen LogP contribution is -2.59. The van der Waals surface area contributed by atoms with Gasteiger partial charge in [-0.15, -0.1) is 0 Å². The molecule has 110 valence electrons. The number of primary amides is 1. The minimum absolute atomic E-state index is 0.195. The summed E-state index contributed by atoms with van der Waals surface area (Å²) in [6, 6.07) is 8.40. The molecule has 1 aliphatic carbocycles. The van der Waals surface area contributed by atoms with Gasteiger partial charge in [0.1, 0.15) is 5.54 Å². The maximum atomic E-state index is 11.9. The van der Waals surface area contributed by atoms with Crippen LogP contribution in [0.4, 0.5) is 0 Å². The number of rotatable bonds is 8. The number of likely N-dealkylation sites (N-methyl/N-ethyl adjacent to an activating group) is 1. The van der Waals surface area contributed by atoms with Crippen LogP contribution in [0.15, 0.2) is 24.3 Å². The number of carbonyl (C=O) groups is 1. The summed E-state index contributed by atoms with van der Waals surface area (Å²) >= 11 is 1.80. The first-order valence-electron chi connectivity index (χ1n) is 7.27. The fraction of sp³-hybridized carbons (Fsp3) is 0.562. The highest BCUT2D eigenvalue weighted by Gasteiger charge is 2.49. The Hall–Kier alpha value is -1.00. The Bertz CT molecular complexity index is 473. The van der Waals surface area contributed by atoms with E-state index in [-0.39, 0.29) is 5.91 Å². The van der Waals surface area contributed by atoms with Crippen LogP contribution < -0.4 is 11.1 Å². The Morgan fingerprint density at radius 1 is 1.45 bits per heavy atom. The zero-order valence-corrected chi connectivity index (χ0v) is 13.1. The molecule has 1 amide bonds. The van der Waals surface area contributed by atoms with Crippen LogP contribution in [0.3, 0.4) is 0 Å². The van der Waals surface area contributed by atoms with E-state index in [0.717, 1.165) is 30.9 Å². The molecule has 1 aliphatic rings. The number of hydrogen-bond acceptors (Lipinski definition) is 3. The fourth-order valence-corrected chi connectivity index (χ4v) is 4.11. The molecule has 0 spiro atoms. The molecule has 1 unspecified atom stereocenters. The van der Waals surface area contributed by atoms with E-state index in [1.54, 1.807) is 11.8 Å². The predicted octanol–water partition coefficient (Wildman–Crippen LogP) is 2.47. The van der Waals surface area contributed by atoms with E-state index in [1.165, 1.54) is 11.1 Å². The van der Waals surface area contributed by atoms with Crippen LogP contribution in [0.25, 0.3) is 0 Å². The van der Waals surface area contributed by atoms with Crippen molar-refractivity contribution in [2.45, 2.75) is 38.0 Å². The Morgan fingerprint density at radius 2 is 2.15 bits per heavy atom. The van der Waals surface area contributed by atoms with Crippen LogP contribution in [0.5, 0.6) is 0 Å². The summed E-state index contributed by atoms with van der Waals surface area (Å²) in [5, 5.41) is 3.36. The Balaban J connectivity index is 1.99. The van der Waals surface area contributed by atoms with Gasteiger partial charge < -0.3 is 11.1 Å². The number of nitrogens with one attached hydrogen (secondary N) is 1. The van der Waals surface area contributed by atoms with Crippen LogP contribution >= 0.6 is 11.8 Å². The number of carbonyl (C=O) groups excluding carboxylic acids is 1. The average Bonchev–Trinajstić information content (AvgIpc) is 3.24. The lowest BCUT2D eigenvalue weighted by atomic mass is 9.94. The van der Waals surface area contributed by atoms with Crippen molar-refractivity contribution < 1.29 is 4.79 Å². The van der Waals surface area contributed by atoms with E-state index < -0.39 is 5.54 Å². The molecule has 0 bridgehead atoms. The minimum Gasteiger partial charge on any atom is -0.368 e. The number of amides is 1. The summed E-state index contributed by atoms with van der Waals surface area (Å²) in [6.07, 6.45) is 2.22. The molecule has 0 heterocycles. The van der Waals surface area contributed by atoms with Gasteiger partial charge in [0.05, 0.1) is 0 Å². The highest BCUT2D eigenvalue weighted by Crippen LogP contribution is 2.41. The summed E-state index contributed by atoms with van der Waals surface area (Å²) in [5.41, 5.74) is 7.82. The number of nitrogens with two attached hydrogens (primary N) is 1. The third kappa shape index (κ3) is 3.36. The van der Waals surface area contributed by atoms with Crippen LogP contribution in [0, 0.1) is 12.8 Å². The number of benzene rings is 1. The first kappa shape index (κ1) is 15.4. The molecular weight excluding hydrogens is 268 g/mol. The maximum Gasteiger partial charge on any atom is 0.238 e. The van der Waals surface area contributed by atoms with Gasteiger partial charge in [-0.2, -0.15) is 11.8 Å². The van der Waals surface area contributed by atoms with Gasteiger partial charge in [-0.1, -0.05) is 31.2 Å². The zero-order valence-electron chi connectivity index (χ0n) is 12.3. The summed E-state index contributed by atoms with van der Waals surface area (Å²) in [7, 11) is 0. The van der Waals surface area contributed by atoms with Crippen molar-refractivity contribution in [3.8, 4) is 0 Å². The second-order valence-electron chi connectivity index (χ2n) is 5.56. The van der Waals surface area contributed by atoms with Crippen LogP contribution in [-0.2, 0) is 10.5 Å². The molecule has 2 rings (SSSR count). The van der Waals surface area contributed by atoms with E-state index >= 15 is 0 Å². The SMILES string of the molecule is CCNC(CSCc1ccccc1C)(C(N)=O)C1CC1. The van der Waals surface area contributed by atoms with E-state index in [4.69, 9.17) is 5.73 Å². The van der Waals surface area contributed by atoms with Crippen molar-refractivity contribution in [1.29, 1.82) is 0 Å². The topological polar surface area (TPSA) is 55.1 Å². The predicted molar refractivity (Wildman–Crippen MR) is 85.7 cm³/mol. The second kappa shape index (κ2) is 6.64. The highest BCUT2D eigenvalue weighted by atomic mass is 32.2. The van der Waals surface area contributed by atoms with Crippen molar-refractivity contribution in [2.24, 2.45) is 11.7 Å². The second-order valence-corrected chi connectivity index (χ2v) is 6.55. The largest absolute Gasteiger partial charge is 0.368 e. The molecule has 1 aromatic rings. The number of thioether (sulfide) groups is 1. The Labute approximate surface area is 125 Å². The zero-order chi connectivity index (χ0) is 14.6. The molecular formula is C16H24N2OS. The third-order valence-electron chi connectivity index (χ3n) is 4.05. The van der Waals surface area contributed by atoms with Gasteiger partial charge in [-0.05, 0) is 43.4 Å². The molecule has 3 N–H and O–H groups in total. The Kier molecular flexibility index (Phi) is 5.11. The molecule has 3 nitrogen and oxygen atoms in total. The monoisotopic (exact) mass is 292 g/mol. The van der Waals surface area contributed by atoms with Crippen LogP contribution in [0.2, 0.25) is 0 Å². The molecule has 1 saturated carbocycles. The lowest BCUT2D eigenvalue weighted by Gasteiger charge is -2.31. The van der Waals surface area contributed by atoms with Gasteiger partial charge in [-0.25, -0.2) is 0 Å². The fourth-order valence-electron chi connectivity index (χ4n) is 2.66. The Morgan fingerprint density at radius 3 is 2.70 bits per heavy atom. The molecule has 1 atom stereocenters. The molecule has 0 aliphatic heterocycles. The quantitative estimate of drug-likeness (QED) is 0.774. The molecule has 0 saturated heterocycles. The molecule has 0 aromatic heterocycles. The summed E-state index contributed by atoms with van der Waals surface area (Å²) in [6.45, 7) is 4.94. The average molecular weight is 292 g/mol. The van der Waals surface area contributed by atoms with Crippen molar-refractivity contribution >= 4 is 17.7 Å². The molecule has 1 aromatic carbocycles. The van der Waals surface area contributed by atoms with Gasteiger partial charge >= 0.3 is 0 Å². The molecule has 0 radical (unpaired) electrons. The van der Waals surface area contributed by atoms with Crippen LogP contribution in [-0.4, -0.2) is 23.7 Å². The van der Waals surface area contributed by atoms with Crippen molar-refractivity contribution in [2.75, 3.05) is 12.3 Å². The first-order chi connectivity index (χ1) is 9.60. The molecule has 1 fully saturated rings. The summed E-state index contributed by atoms with van der Waals surface area (Å²) < 4.78 is 0. The van der Waals surface area contributed by atoms with Gasteiger partial charge in [0.15, 0.2) is 0 Å². The normalized spacial score (nSPS) is 17.7. The number of hydrogen-bond donors (Lipinski definition) is 2. The standard InChI is InChI=1S/C16H24N2OS/c1-3-18-16(15(17)19,14-8-9-14)11-20-10-13-7-5-4-6-12(13)2/h4-7,14,18H,3,8-11H2,1-2H3,(H2,17,19). The van der Waals surface area contributed by atoms with E-state index in [9.17, 15) is 4.79 Å². The van der Waals surface area contributed by atoms with E-state index in [0.29, 0.717) is 5.92 Å². The lowest BCUT2D eigenvalue weighted by molar-refractivity contribution is -0.124. The first-order valence-corrected chi connectivity index (χ1v) is 8.43. The van der Waals surface area contributed by atoms with Gasteiger partial charge in [0.25, 0.3) is 0 Å². The highest BCUT2D eigenvalue weighted by molar-refractivity contribution is 7.98. The maximum absolute atomic E-state index is 11.9. The van der Waals surface area contributed by atoms with Crippen molar-refractivity contribution in [3.63, 3.8) is 0 Å². The third-order valence-corrected chi connectivity index (χ3v) is 5.23. The van der Waals surface area contributed by atoms with Gasteiger partial charge in [0.2, 0.25) is 5.91 Å². The number of aryl methyl sites for hydroxylation is 1. The van der Waals surface area contributed by atoms with Crippen molar-refractivity contribution in [3.05, 3.63) is 35.4 Å². The van der Waals surface area contributed by atoms with Crippen LogP contribution in [0.1, 0.15) is 30.9 Å². The smallest absolute Gasteiger partial charge is 0.238 e. The molecule has 4 heteroatoms. The summed E-state index contributed by atoms with van der Waals surface area (Å²) in [4.78, 5) is 11.9. The van der Waals surface area contributed by atoms with Gasteiger partial charge in [0, 0.05) is 11.5 Å². The minimum atomic E-state index is -0.512.